The van der Waals surface area contributed by atoms with Crippen LogP contribution in [0.3, 0.4) is 0 Å². The maximum Gasteiger partial charge on any atom is 0.00489 e. The van der Waals surface area contributed by atoms with E-state index in [-0.39, 0.29) is 0 Å². The van der Waals surface area contributed by atoms with Crippen LogP contribution in [0.15, 0.2) is 0 Å². The first-order chi connectivity index (χ1) is 16.5. The Kier molecular flexibility index (Phi) is 12.8. The largest absolute Gasteiger partial charge is 0.145 e. The molecule has 4 aromatic rings. The zero-order chi connectivity index (χ0) is 28.1. The third-order valence-corrected chi connectivity index (χ3v) is 12.6. The summed E-state index contributed by atoms with van der Waals surface area (Å²) in [5.41, 5.74) is 11.8. The van der Waals surface area contributed by atoms with Gasteiger partial charge in [0.2, 0.25) is 0 Å². The van der Waals surface area contributed by atoms with Gasteiger partial charge in [0.05, 0.1) is 0 Å². The number of rotatable bonds is 0. The third kappa shape index (κ3) is 8.41. The molecule has 4 heteroatoms. The fourth-order valence-electron chi connectivity index (χ4n) is 3.64. The topological polar surface area (TPSA) is 0 Å². The molecule has 0 radical (unpaired) electrons. The van der Waals surface area contributed by atoms with Crippen LogP contribution in [0.2, 0.25) is 0 Å². The van der Waals surface area contributed by atoms with Gasteiger partial charge in [-0.25, -0.2) is 0 Å². The molecule has 0 fully saturated rings. The van der Waals surface area contributed by atoms with Gasteiger partial charge < -0.3 is 0 Å². The van der Waals surface area contributed by atoms with E-state index in [9.17, 15) is 0 Å². The van der Waals surface area contributed by atoms with Crippen molar-refractivity contribution in [2.24, 2.45) is 0 Å². The van der Waals surface area contributed by atoms with Crippen LogP contribution in [0.4, 0.5) is 0 Å². The van der Waals surface area contributed by atoms with Crippen molar-refractivity contribution in [3.8, 4) is 0 Å². The van der Waals surface area contributed by atoms with Gasteiger partial charge in [0.15, 0.2) is 0 Å². The predicted octanol–water partition coefficient (Wildman–Crippen LogP) is 11.9. The lowest BCUT2D eigenvalue weighted by Crippen LogP contribution is -1.73. The molecule has 4 heterocycles. The molecular weight excluding hydrogens is 513 g/mol. The highest BCUT2D eigenvalue weighted by atomic mass is 32.1. The molecule has 0 atom stereocenters. The van der Waals surface area contributed by atoms with E-state index in [1.54, 1.807) is 0 Å². The van der Waals surface area contributed by atoms with Gasteiger partial charge in [0.25, 0.3) is 0 Å². The Morgan fingerprint density at radius 3 is 0.306 bits per heavy atom. The average Bonchev–Trinajstić information content (AvgIpc) is 3.37. The molecule has 0 nitrogen and oxygen atoms in total. The summed E-state index contributed by atoms with van der Waals surface area (Å²) in [5.74, 6) is 0. The average molecular weight is 561 g/mol. The molecule has 0 N–H and O–H groups in total. The van der Waals surface area contributed by atoms with Crippen LogP contribution in [0, 0.1) is 111 Å². The highest BCUT2D eigenvalue weighted by molar-refractivity contribution is 7.13. The van der Waals surface area contributed by atoms with Crippen LogP contribution >= 0.6 is 45.3 Å². The lowest BCUT2D eigenvalue weighted by molar-refractivity contribution is 1.32. The van der Waals surface area contributed by atoms with Crippen molar-refractivity contribution in [3.63, 3.8) is 0 Å². The maximum atomic E-state index is 2.19. The van der Waals surface area contributed by atoms with E-state index in [2.05, 4.69) is 111 Å². The monoisotopic (exact) mass is 560 g/mol. The van der Waals surface area contributed by atoms with Crippen LogP contribution in [0.5, 0.6) is 0 Å². The highest BCUT2D eigenvalue weighted by Crippen LogP contribution is 2.27. The molecule has 0 amide bonds. The minimum atomic E-state index is 1.46. The lowest BCUT2D eigenvalue weighted by Gasteiger charge is -1.88. The quantitative estimate of drug-likeness (QED) is 0.201. The molecule has 0 aromatic carbocycles. The lowest BCUT2D eigenvalue weighted by atomic mass is 10.2. The molecule has 0 spiro atoms. The van der Waals surface area contributed by atoms with Crippen LogP contribution in [-0.4, -0.2) is 0 Å². The van der Waals surface area contributed by atoms with Crippen molar-refractivity contribution in [2.75, 3.05) is 0 Å². The highest BCUT2D eigenvalue weighted by Gasteiger charge is 2.04. The second kappa shape index (κ2) is 14.1. The summed E-state index contributed by atoms with van der Waals surface area (Å²) < 4.78 is 0. The molecule has 4 aromatic heterocycles. The second-order valence-electron chi connectivity index (χ2n) is 9.86. The van der Waals surface area contributed by atoms with Gasteiger partial charge in [-0.05, 0) is 155 Å². The molecule has 0 saturated carbocycles. The summed E-state index contributed by atoms with van der Waals surface area (Å²) in [6.45, 7) is 35.0. The number of aryl methyl sites for hydroxylation is 8. The fourth-order valence-corrected chi connectivity index (χ4v) is 7.93. The van der Waals surface area contributed by atoms with E-state index in [0.29, 0.717) is 0 Å². The van der Waals surface area contributed by atoms with E-state index < -0.39 is 0 Å². The minimum Gasteiger partial charge on any atom is -0.145 e. The molecule has 200 valence electrons. The van der Waals surface area contributed by atoms with E-state index in [1.807, 2.05) is 45.3 Å². The maximum absolute atomic E-state index is 2.19. The van der Waals surface area contributed by atoms with Crippen LogP contribution in [0.25, 0.3) is 0 Å². The van der Waals surface area contributed by atoms with Gasteiger partial charge in [-0.1, -0.05) is 0 Å². The van der Waals surface area contributed by atoms with E-state index in [4.69, 9.17) is 0 Å². The zero-order valence-electron chi connectivity index (χ0n) is 25.6. The van der Waals surface area contributed by atoms with Crippen molar-refractivity contribution in [3.05, 3.63) is 83.5 Å². The van der Waals surface area contributed by atoms with Crippen molar-refractivity contribution in [1.29, 1.82) is 0 Å². The Morgan fingerprint density at radius 1 is 0.194 bits per heavy atom. The minimum absolute atomic E-state index is 1.46. The Balaban J connectivity index is 0.000000240. The summed E-state index contributed by atoms with van der Waals surface area (Å²) in [4.78, 5) is 11.7. The van der Waals surface area contributed by atoms with Gasteiger partial charge in [-0.15, -0.1) is 45.3 Å². The fraction of sp³-hybridized carbons (Fsp3) is 0.500. The summed E-state index contributed by atoms with van der Waals surface area (Å²) in [5, 5.41) is 0. The van der Waals surface area contributed by atoms with E-state index >= 15 is 0 Å². The SMILES string of the molecule is Cc1sc(C)c(C)c1C.Cc1sc(C)c(C)c1C.Cc1sc(C)c(C)c1C.Cc1sc(C)c(C)c1C. The van der Waals surface area contributed by atoms with Gasteiger partial charge in [0.1, 0.15) is 0 Å². The van der Waals surface area contributed by atoms with Gasteiger partial charge in [0, 0.05) is 39.0 Å². The first kappa shape index (κ1) is 32.8. The molecule has 36 heavy (non-hydrogen) atoms. The van der Waals surface area contributed by atoms with Crippen molar-refractivity contribution in [2.45, 2.75) is 111 Å². The zero-order valence-corrected chi connectivity index (χ0v) is 28.9. The molecular formula is C32H48S4. The summed E-state index contributed by atoms with van der Waals surface area (Å²) in [7, 11) is 0. The van der Waals surface area contributed by atoms with Crippen LogP contribution in [0.1, 0.15) is 83.5 Å². The van der Waals surface area contributed by atoms with Crippen LogP contribution in [-0.2, 0) is 0 Å². The van der Waals surface area contributed by atoms with Gasteiger partial charge >= 0.3 is 0 Å². The molecule has 0 aliphatic heterocycles. The molecule has 0 bridgehead atoms. The molecule has 0 aliphatic rings. The Morgan fingerprint density at radius 2 is 0.278 bits per heavy atom. The standard InChI is InChI=1S/4C8H12S/c4*1-5-6(2)8(4)9-7(5)3/h4*1-4H3. The third-order valence-electron chi connectivity index (χ3n) is 7.70. The predicted molar refractivity (Wildman–Crippen MR) is 173 cm³/mol. The van der Waals surface area contributed by atoms with Crippen molar-refractivity contribution in [1.82, 2.24) is 0 Å². The molecule has 0 aliphatic carbocycles. The molecule has 0 unspecified atom stereocenters. The van der Waals surface area contributed by atoms with Crippen molar-refractivity contribution < 1.29 is 0 Å². The summed E-state index contributed by atoms with van der Waals surface area (Å²) in [6, 6.07) is 0. The first-order valence-corrected chi connectivity index (χ1v) is 15.9. The number of thiophene rings is 4. The van der Waals surface area contributed by atoms with E-state index in [1.165, 1.54) is 83.5 Å². The summed E-state index contributed by atoms with van der Waals surface area (Å²) >= 11 is 7.58. The molecule has 4 rings (SSSR count). The summed E-state index contributed by atoms with van der Waals surface area (Å²) in [6.07, 6.45) is 0. The van der Waals surface area contributed by atoms with Gasteiger partial charge in [-0.2, -0.15) is 0 Å². The smallest absolute Gasteiger partial charge is 0.00489 e. The Labute approximate surface area is 238 Å². The van der Waals surface area contributed by atoms with Crippen LogP contribution < -0.4 is 0 Å². The second-order valence-corrected chi connectivity index (χ2v) is 15.6. The normalized spacial score (nSPS) is 10.2. The Hall–Kier alpha value is -1.20. The Bertz CT molecular complexity index is 994. The van der Waals surface area contributed by atoms with E-state index in [0.717, 1.165) is 0 Å². The molecule has 0 saturated heterocycles. The first-order valence-electron chi connectivity index (χ1n) is 12.6. The number of hydrogen-bond acceptors (Lipinski definition) is 4. The van der Waals surface area contributed by atoms with Crippen molar-refractivity contribution >= 4 is 45.3 Å². The van der Waals surface area contributed by atoms with Gasteiger partial charge in [-0.3, -0.25) is 0 Å². The number of hydrogen-bond donors (Lipinski definition) is 0.